The van der Waals surface area contributed by atoms with Crippen molar-refractivity contribution in [3.05, 3.63) is 11.6 Å². The highest BCUT2D eigenvalue weighted by atomic mass is 79.9. The minimum atomic E-state index is 0.309. The van der Waals surface area contributed by atoms with Crippen LogP contribution < -0.4 is 0 Å². The lowest BCUT2D eigenvalue weighted by Crippen LogP contribution is -2.22. The third kappa shape index (κ3) is 4.08. The maximum absolute atomic E-state index is 4.38. The Kier molecular flexibility index (Phi) is 5.38. The first-order valence-corrected chi connectivity index (χ1v) is 7.84. The maximum atomic E-state index is 4.38. The Labute approximate surface area is 120 Å². The van der Waals surface area contributed by atoms with Crippen LogP contribution in [0, 0.1) is 17.3 Å². The fraction of sp³-hybridized carbons (Fsp3) is 0.857. The summed E-state index contributed by atoms with van der Waals surface area (Å²) in [6, 6.07) is 0. The van der Waals surface area contributed by atoms with Crippen molar-refractivity contribution < 1.29 is 0 Å². The van der Waals surface area contributed by atoms with E-state index in [1.165, 1.54) is 0 Å². The fourth-order valence-corrected chi connectivity index (χ4v) is 2.19. The molecule has 0 spiro atoms. The molecule has 0 amide bonds. The predicted octanol–water partition coefficient (Wildman–Crippen LogP) is 4.05. The molecule has 18 heavy (non-hydrogen) atoms. The Morgan fingerprint density at radius 1 is 1.11 bits per heavy atom. The van der Waals surface area contributed by atoms with Gasteiger partial charge in [0.1, 0.15) is 11.6 Å². The normalized spacial score (nSPS) is 14.2. The number of nitrogens with zero attached hydrogens (tertiary/aromatic N) is 3. The molecule has 1 aromatic rings. The van der Waals surface area contributed by atoms with Crippen LogP contribution in [0.3, 0.4) is 0 Å². The van der Waals surface area contributed by atoms with Gasteiger partial charge in [0.2, 0.25) is 0 Å². The molecular formula is C14H26BrN3. The zero-order valence-corrected chi connectivity index (χ0v) is 14.1. The lowest BCUT2D eigenvalue weighted by atomic mass is 9.80. The fourth-order valence-electron chi connectivity index (χ4n) is 1.78. The van der Waals surface area contributed by atoms with Crippen LogP contribution in [0.2, 0.25) is 0 Å². The summed E-state index contributed by atoms with van der Waals surface area (Å²) in [6.45, 7) is 14.6. The van der Waals surface area contributed by atoms with Crippen molar-refractivity contribution in [3.63, 3.8) is 0 Å². The van der Waals surface area contributed by atoms with E-state index in [0.717, 1.165) is 29.9 Å². The highest BCUT2D eigenvalue weighted by Gasteiger charge is 2.23. The van der Waals surface area contributed by atoms with Gasteiger partial charge in [-0.1, -0.05) is 57.5 Å². The van der Waals surface area contributed by atoms with E-state index in [2.05, 4.69) is 72.2 Å². The molecule has 104 valence electrons. The van der Waals surface area contributed by atoms with Crippen LogP contribution >= 0.6 is 15.9 Å². The summed E-state index contributed by atoms with van der Waals surface area (Å²) in [5.41, 5.74) is 0.309. The molecule has 0 bridgehead atoms. The van der Waals surface area contributed by atoms with Crippen LogP contribution in [0.1, 0.15) is 53.2 Å². The van der Waals surface area contributed by atoms with Crippen molar-refractivity contribution in [2.75, 3.05) is 0 Å². The first-order chi connectivity index (χ1) is 8.25. The van der Waals surface area contributed by atoms with Gasteiger partial charge in [0.05, 0.1) is 5.33 Å². The number of hydrogen-bond donors (Lipinski definition) is 0. The molecule has 1 aromatic heterocycles. The lowest BCUT2D eigenvalue weighted by molar-refractivity contribution is 0.253. The smallest absolute Gasteiger partial charge is 0.143 e. The van der Waals surface area contributed by atoms with Crippen LogP contribution in [0.25, 0.3) is 0 Å². The van der Waals surface area contributed by atoms with Crippen molar-refractivity contribution in [2.45, 2.75) is 59.8 Å². The number of alkyl halides is 1. The second-order valence-electron chi connectivity index (χ2n) is 6.64. The van der Waals surface area contributed by atoms with Crippen molar-refractivity contribution >= 4 is 15.9 Å². The standard InChI is InChI=1S/C14H26BrN3/c1-10(2)9-18-12(16-17-13(18)8-15)7-11(3)14(4,5)6/h10-11H,7-9H2,1-6H3. The summed E-state index contributed by atoms with van der Waals surface area (Å²) in [4.78, 5) is 0. The molecule has 1 atom stereocenters. The lowest BCUT2D eigenvalue weighted by Gasteiger charge is -2.27. The molecule has 4 heteroatoms. The minimum Gasteiger partial charge on any atom is -0.314 e. The Balaban J connectivity index is 2.92. The first kappa shape index (κ1) is 15.7. The van der Waals surface area contributed by atoms with Gasteiger partial charge in [-0.2, -0.15) is 0 Å². The van der Waals surface area contributed by atoms with E-state index in [1.54, 1.807) is 0 Å². The monoisotopic (exact) mass is 315 g/mol. The number of rotatable bonds is 5. The number of halogens is 1. The van der Waals surface area contributed by atoms with Crippen LogP contribution in [0.4, 0.5) is 0 Å². The molecule has 0 aliphatic carbocycles. The van der Waals surface area contributed by atoms with E-state index >= 15 is 0 Å². The van der Waals surface area contributed by atoms with Gasteiger partial charge in [0, 0.05) is 13.0 Å². The van der Waals surface area contributed by atoms with Gasteiger partial charge in [-0.05, 0) is 17.3 Å². The molecular weight excluding hydrogens is 290 g/mol. The van der Waals surface area contributed by atoms with E-state index in [1.807, 2.05) is 0 Å². The van der Waals surface area contributed by atoms with Crippen molar-refractivity contribution in [3.8, 4) is 0 Å². The molecule has 1 heterocycles. The molecule has 0 saturated carbocycles. The summed E-state index contributed by atoms with van der Waals surface area (Å²) in [5.74, 6) is 3.37. The maximum Gasteiger partial charge on any atom is 0.143 e. The Morgan fingerprint density at radius 3 is 2.11 bits per heavy atom. The van der Waals surface area contributed by atoms with E-state index in [9.17, 15) is 0 Å². The highest BCUT2D eigenvalue weighted by molar-refractivity contribution is 9.08. The molecule has 3 nitrogen and oxygen atoms in total. The van der Waals surface area contributed by atoms with Crippen LogP contribution in [0.5, 0.6) is 0 Å². The van der Waals surface area contributed by atoms with Crippen LogP contribution in [-0.2, 0) is 18.3 Å². The number of hydrogen-bond acceptors (Lipinski definition) is 2. The van der Waals surface area contributed by atoms with Gasteiger partial charge in [0.25, 0.3) is 0 Å². The Hall–Kier alpha value is -0.380. The molecule has 1 unspecified atom stereocenters. The van der Waals surface area contributed by atoms with Gasteiger partial charge in [-0.3, -0.25) is 0 Å². The predicted molar refractivity (Wildman–Crippen MR) is 79.8 cm³/mol. The highest BCUT2D eigenvalue weighted by Crippen LogP contribution is 2.28. The first-order valence-electron chi connectivity index (χ1n) is 6.72. The zero-order chi connectivity index (χ0) is 13.9. The topological polar surface area (TPSA) is 30.7 Å². The van der Waals surface area contributed by atoms with Crippen molar-refractivity contribution in [2.24, 2.45) is 17.3 Å². The zero-order valence-electron chi connectivity index (χ0n) is 12.5. The Bertz CT molecular complexity index is 377. The summed E-state index contributed by atoms with van der Waals surface area (Å²) in [7, 11) is 0. The molecule has 0 radical (unpaired) electrons. The molecule has 0 fully saturated rings. The van der Waals surface area contributed by atoms with Gasteiger partial charge in [0.15, 0.2) is 0 Å². The van der Waals surface area contributed by atoms with Gasteiger partial charge >= 0.3 is 0 Å². The molecule has 0 aliphatic rings. The average molecular weight is 316 g/mol. The molecule has 0 aromatic carbocycles. The summed E-state index contributed by atoms with van der Waals surface area (Å²) in [5, 5.41) is 9.44. The third-order valence-corrected chi connectivity index (χ3v) is 4.04. The molecule has 1 rings (SSSR count). The van der Waals surface area contributed by atoms with Crippen molar-refractivity contribution in [1.82, 2.24) is 14.8 Å². The van der Waals surface area contributed by atoms with Gasteiger partial charge < -0.3 is 4.57 Å². The SMILES string of the molecule is CC(C)Cn1c(CBr)nnc1CC(C)C(C)(C)C. The van der Waals surface area contributed by atoms with E-state index in [0.29, 0.717) is 17.3 Å². The van der Waals surface area contributed by atoms with E-state index < -0.39 is 0 Å². The van der Waals surface area contributed by atoms with E-state index in [4.69, 9.17) is 0 Å². The minimum absolute atomic E-state index is 0.309. The summed E-state index contributed by atoms with van der Waals surface area (Å²) < 4.78 is 2.28. The Morgan fingerprint density at radius 2 is 1.67 bits per heavy atom. The third-order valence-electron chi connectivity index (χ3n) is 3.54. The van der Waals surface area contributed by atoms with E-state index in [-0.39, 0.29) is 0 Å². The molecule has 0 N–H and O–H groups in total. The summed E-state index contributed by atoms with van der Waals surface area (Å²) in [6.07, 6.45) is 0.996. The largest absolute Gasteiger partial charge is 0.314 e. The van der Waals surface area contributed by atoms with Gasteiger partial charge in [-0.15, -0.1) is 10.2 Å². The van der Waals surface area contributed by atoms with Crippen molar-refractivity contribution in [1.29, 1.82) is 0 Å². The van der Waals surface area contributed by atoms with Crippen LogP contribution in [-0.4, -0.2) is 14.8 Å². The number of aromatic nitrogens is 3. The molecule has 0 aliphatic heterocycles. The molecule has 0 saturated heterocycles. The average Bonchev–Trinajstić information content (AvgIpc) is 2.59. The second-order valence-corrected chi connectivity index (χ2v) is 7.20. The van der Waals surface area contributed by atoms with Gasteiger partial charge in [-0.25, -0.2) is 0 Å². The summed E-state index contributed by atoms with van der Waals surface area (Å²) >= 11 is 3.49. The second kappa shape index (κ2) is 6.18. The van der Waals surface area contributed by atoms with Crippen LogP contribution in [0.15, 0.2) is 0 Å². The quantitative estimate of drug-likeness (QED) is 0.767.